The molecule has 0 saturated carbocycles. The number of amides is 2. The normalized spacial score (nSPS) is 24.5. The third-order valence-corrected chi connectivity index (χ3v) is 5.17. The predicted octanol–water partition coefficient (Wildman–Crippen LogP) is 1.86. The fraction of sp³-hybridized carbons (Fsp3) is 0.556. The number of carbonyl (C=O) groups excluding carboxylic acids is 2. The molecule has 6 heteroatoms. The minimum absolute atomic E-state index is 0.0511. The zero-order valence-corrected chi connectivity index (χ0v) is 14.4. The predicted molar refractivity (Wildman–Crippen MR) is 91.7 cm³/mol. The lowest BCUT2D eigenvalue weighted by atomic mass is 9.93. The average Bonchev–Trinajstić information content (AvgIpc) is 2.96. The van der Waals surface area contributed by atoms with Crippen molar-refractivity contribution in [2.24, 2.45) is 0 Å². The largest absolute Gasteiger partial charge is 0.391 e. The highest BCUT2D eigenvalue weighted by Crippen LogP contribution is 2.23. The highest BCUT2D eigenvalue weighted by atomic mass is 35.5. The molecule has 2 amide bonds. The van der Waals surface area contributed by atoms with Gasteiger partial charge in [0.05, 0.1) is 18.7 Å². The molecule has 0 radical (unpaired) electrons. The van der Waals surface area contributed by atoms with Crippen molar-refractivity contribution >= 4 is 23.4 Å². The maximum absolute atomic E-state index is 12.7. The van der Waals surface area contributed by atoms with Crippen LogP contribution in [0.3, 0.4) is 0 Å². The van der Waals surface area contributed by atoms with Crippen molar-refractivity contribution in [1.82, 2.24) is 9.80 Å². The second kappa shape index (κ2) is 7.53. The second-order valence-electron chi connectivity index (χ2n) is 6.61. The summed E-state index contributed by atoms with van der Waals surface area (Å²) in [4.78, 5) is 27.8. The van der Waals surface area contributed by atoms with Gasteiger partial charge in [-0.25, -0.2) is 0 Å². The summed E-state index contributed by atoms with van der Waals surface area (Å²) in [5.74, 6) is -0.0156. The number of likely N-dealkylation sites (tertiary alicyclic amines) is 2. The Morgan fingerprint density at radius 3 is 2.62 bits per heavy atom. The van der Waals surface area contributed by atoms with Crippen molar-refractivity contribution in [1.29, 1.82) is 0 Å². The first-order valence-electron chi connectivity index (χ1n) is 8.54. The Bertz CT molecular complexity index is 605. The molecule has 2 saturated heterocycles. The Morgan fingerprint density at radius 1 is 1.21 bits per heavy atom. The summed E-state index contributed by atoms with van der Waals surface area (Å²) in [5, 5.41) is 11.1. The van der Waals surface area contributed by atoms with Crippen LogP contribution in [-0.4, -0.2) is 58.5 Å². The van der Waals surface area contributed by atoms with Gasteiger partial charge >= 0.3 is 0 Å². The summed E-state index contributed by atoms with van der Waals surface area (Å²) >= 11 is 5.92. The van der Waals surface area contributed by atoms with E-state index in [1.807, 2.05) is 24.3 Å². The van der Waals surface area contributed by atoms with Crippen LogP contribution >= 0.6 is 11.6 Å². The summed E-state index contributed by atoms with van der Waals surface area (Å²) < 4.78 is 0. The van der Waals surface area contributed by atoms with Crippen LogP contribution in [-0.2, 0) is 16.0 Å². The molecule has 2 heterocycles. The molecule has 2 atom stereocenters. The summed E-state index contributed by atoms with van der Waals surface area (Å²) in [6, 6.07) is 7.25. The van der Waals surface area contributed by atoms with Gasteiger partial charge in [-0.1, -0.05) is 23.7 Å². The van der Waals surface area contributed by atoms with Crippen LogP contribution in [0.2, 0.25) is 5.02 Å². The van der Waals surface area contributed by atoms with Crippen LogP contribution in [0.4, 0.5) is 0 Å². The molecule has 24 heavy (non-hydrogen) atoms. The van der Waals surface area contributed by atoms with Gasteiger partial charge in [0.1, 0.15) is 0 Å². The fourth-order valence-electron chi connectivity index (χ4n) is 3.58. The lowest BCUT2D eigenvalue weighted by Crippen LogP contribution is -2.54. The number of aliphatic hydroxyl groups excluding tert-OH is 1. The molecule has 5 nitrogen and oxygen atoms in total. The zero-order chi connectivity index (χ0) is 17.1. The van der Waals surface area contributed by atoms with E-state index in [-0.39, 0.29) is 24.4 Å². The van der Waals surface area contributed by atoms with Crippen molar-refractivity contribution in [2.75, 3.05) is 19.6 Å². The molecule has 1 aromatic rings. The Morgan fingerprint density at radius 2 is 1.96 bits per heavy atom. The van der Waals surface area contributed by atoms with Gasteiger partial charge in [-0.05, 0) is 43.4 Å². The summed E-state index contributed by atoms with van der Waals surface area (Å²) in [6.45, 7) is 1.42. The molecule has 0 aromatic heterocycles. The number of halogens is 1. The number of rotatable bonds is 4. The van der Waals surface area contributed by atoms with Gasteiger partial charge < -0.3 is 14.9 Å². The smallest absolute Gasteiger partial charge is 0.242 e. The third-order valence-electron chi connectivity index (χ3n) is 4.92. The lowest BCUT2D eigenvalue weighted by Gasteiger charge is -2.40. The standard InChI is InChI=1S/C18H23ClN2O3/c19-14-7-5-13(6-8-14)11-15-16(22)3-1-10-21(15)18(24)12-20-9-2-4-17(20)23/h5-8,15-16,22H,1-4,9-12H2/t15-,16-/m0/s1. The SMILES string of the molecule is O=C1CCCN1CC(=O)N1CCC[C@H](O)[C@@H]1Cc1ccc(Cl)cc1. The van der Waals surface area contributed by atoms with E-state index in [0.29, 0.717) is 37.4 Å². The number of hydrogen-bond donors (Lipinski definition) is 1. The Hall–Kier alpha value is -1.59. The van der Waals surface area contributed by atoms with E-state index in [0.717, 1.165) is 18.4 Å². The second-order valence-corrected chi connectivity index (χ2v) is 7.05. The minimum atomic E-state index is -0.535. The number of nitrogens with zero attached hydrogens (tertiary/aromatic N) is 2. The molecular weight excluding hydrogens is 328 g/mol. The molecule has 0 unspecified atom stereocenters. The number of benzene rings is 1. The van der Waals surface area contributed by atoms with Crippen LogP contribution in [0.5, 0.6) is 0 Å². The molecule has 0 bridgehead atoms. The maximum atomic E-state index is 12.7. The van der Waals surface area contributed by atoms with Gasteiger partial charge in [0.25, 0.3) is 0 Å². The first-order chi connectivity index (χ1) is 11.5. The Balaban J connectivity index is 1.70. The van der Waals surface area contributed by atoms with Crippen molar-refractivity contribution in [3.8, 4) is 0 Å². The van der Waals surface area contributed by atoms with E-state index in [1.54, 1.807) is 9.80 Å². The lowest BCUT2D eigenvalue weighted by molar-refractivity contribution is -0.143. The van der Waals surface area contributed by atoms with Gasteiger partial charge in [-0.3, -0.25) is 9.59 Å². The van der Waals surface area contributed by atoms with Gasteiger partial charge in [0, 0.05) is 24.5 Å². The molecule has 1 aromatic carbocycles. The number of hydrogen-bond acceptors (Lipinski definition) is 3. The van der Waals surface area contributed by atoms with Crippen LogP contribution in [0.25, 0.3) is 0 Å². The monoisotopic (exact) mass is 350 g/mol. The molecule has 0 aliphatic carbocycles. The topological polar surface area (TPSA) is 60.9 Å². The first-order valence-corrected chi connectivity index (χ1v) is 8.92. The Labute approximate surface area is 147 Å². The number of piperidine rings is 1. The van der Waals surface area contributed by atoms with Crippen molar-refractivity contribution in [3.63, 3.8) is 0 Å². The van der Waals surface area contributed by atoms with E-state index in [2.05, 4.69) is 0 Å². The Kier molecular flexibility index (Phi) is 5.41. The first kappa shape index (κ1) is 17.2. The summed E-state index contributed by atoms with van der Waals surface area (Å²) in [5.41, 5.74) is 1.04. The van der Waals surface area contributed by atoms with Crippen molar-refractivity contribution in [3.05, 3.63) is 34.9 Å². The molecule has 130 valence electrons. The molecular formula is C18H23ClN2O3. The van der Waals surface area contributed by atoms with Crippen LogP contribution in [0, 0.1) is 0 Å². The van der Waals surface area contributed by atoms with E-state index >= 15 is 0 Å². The molecule has 0 spiro atoms. The molecule has 2 fully saturated rings. The third kappa shape index (κ3) is 3.90. The quantitative estimate of drug-likeness (QED) is 0.901. The van der Waals surface area contributed by atoms with Gasteiger partial charge in [-0.2, -0.15) is 0 Å². The molecule has 2 aliphatic rings. The van der Waals surface area contributed by atoms with Crippen LogP contribution in [0.15, 0.2) is 24.3 Å². The highest BCUT2D eigenvalue weighted by molar-refractivity contribution is 6.30. The maximum Gasteiger partial charge on any atom is 0.242 e. The average molecular weight is 351 g/mol. The fourth-order valence-corrected chi connectivity index (χ4v) is 3.71. The van der Waals surface area contributed by atoms with Crippen LogP contribution < -0.4 is 0 Å². The van der Waals surface area contributed by atoms with E-state index < -0.39 is 6.10 Å². The van der Waals surface area contributed by atoms with Gasteiger partial charge in [-0.15, -0.1) is 0 Å². The highest BCUT2D eigenvalue weighted by Gasteiger charge is 2.34. The van der Waals surface area contributed by atoms with Gasteiger partial charge in [0.15, 0.2) is 0 Å². The van der Waals surface area contributed by atoms with Gasteiger partial charge in [0.2, 0.25) is 11.8 Å². The van der Waals surface area contributed by atoms with Crippen LogP contribution in [0.1, 0.15) is 31.2 Å². The summed E-state index contributed by atoms with van der Waals surface area (Å²) in [6.07, 6.45) is 2.90. The van der Waals surface area contributed by atoms with Crippen molar-refractivity contribution < 1.29 is 14.7 Å². The number of carbonyl (C=O) groups is 2. The van der Waals surface area contributed by atoms with E-state index in [9.17, 15) is 14.7 Å². The number of aliphatic hydroxyl groups is 1. The zero-order valence-electron chi connectivity index (χ0n) is 13.7. The molecule has 2 aliphatic heterocycles. The molecule has 1 N–H and O–H groups in total. The van der Waals surface area contributed by atoms with E-state index in [1.165, 1.54) is 0 Å². The minimum Gasteiger partial charge on any atom is -0.391 e. The van der Waals surface area contributed by atoms with E-state index in [4.69, 9.17) is 11.6 Å². The van der Waals surface area contributed by atoms with Crippen molar-refractivity contribution in [2.45, 2.75) is 44.2 Å². The molecule has 3 rings (SSSR count). The summed E-state index contributed by atoms with van der Waals surface area (Å²) in [7, 11) is 0.